The lowest BCUT2D eigenvalue weighted by molar-refractivity contribution is 0.124. The molecule has 2 aromatic carbocycles. The molecular formula is C22H17F2N3O. The van der Waals surface area contributed by atoms with Gasteiger partial charge in [0.25, 0.3) is 0 Å². The van der Waals surface area contributed by atoms with Crippen LogP contribution in [-0.4, -0.2) is 20.9 Å². The Bertz CT molecular complexity index is 1120. The second-order valence-electron chi connectivity index (χ2n) is 7.29. The van der Waals surface area contributed by atoms with Crippen molar-refractivity contribution in [1.29, 1.82) is 0 Å². The molecule has 1 N–H and O–H groups in total. The molecule has 1 aliphatic heterocycles. The van der Waals surface area contributed by atoms with E-state index in [1.807, 2.05) is 41.8 Å². The minimum atomic E-state index is -1.06. The van der Waals surface area contributed by atoms with Crippen LogP contribution >= 0.6 is 0 Å². The summed E-state index contributed by atoms with van der Waals surface area (Å²) in [6, 6.07) is 11.6. The van der Waals surface area contributed by atoms with Gasteiger partial charge in [0, 0.05) is 16.8 Å². The van der Waals surface area contributed by atoms with Crippen molar-refractivity contribution in [3.05, 3.63) is 77.1 Å². The first kappa shape index (κ1) is 17.0. The fraction of sp³-hybridized carbons (Fsp3) is 0.227. The number of nitrogens with zero attached hydrogens (tertiary/aromatic N) is 3. The number of benzene rings is 2. The first-order chi connectivity index (χ1) is 13.5. The van der Waals surface area contributed by atoms with Gasteiger partial charge in [-0.2, -0.15) is 0 Å². The number of hydrogen-bond donors (Lipinski definition) is 1. The predicted octanol–water partition coefficient (Wildman–Crippen LogP) is 3.83. The topological polar surface area (TPSA) is 41.3 Å². The molecule has 0 radical (unpaired) electrons. The molecule has 1 saturated carbocycles. The number of fused-ring (bicyclic) bond motifs is 2. The zero-order valence-corrected chi connectivity index (χ0v) is 15.2. The van der Waals surface area contributed by atoms with Crippen LogP contribution in [-0.2, 0) is 5.54 Å². The average molecular weight is 377 g/mol. The number of aliphatic hydroxyl groups excluding tert-OH is 1. The summed E-state index contributed by atoms with van der Waals surface area (Å²) in [7, 11) is 0. The maximum atomic E-state index is 14.9. The number of imidazole rings is 1. The van der Waals surface area contributed by atoms with E-state index in [-0.39, 0.29) is 11.3 Å². The van der Waals surface area contributed by atoms with E-state index in [4.69, 9.17) is 0 Å². The van der Waals surface area contributed by atoms with E-state index in [2.05, 4.69) is 16.8 Å². The number of aryl methyl sites for hydroxylation is 1. The summed E-state index contributed by atoms with van der Waals surface area (Å²) in [5, 5.41) is 10.8. The fourth-order valence-electron chi connectivity index (χ4n) is 3.98. The molecule has 140 valence electrons. The molecule has 1 spiro atoms. The van der Waals surface area contributed by atoms with Crippen molar-refractivity contribution < 1.29 is 13.9 Å². The van der Waals surface area contributed by atoms with Crippen LogP contribution in [0.2, 0.25) is 0 Å². The molecule has 1 unspecified atom stereocenters. The molecule has 5 rings (SSSR count). The Morgan fingerprint density at radius 2 is 1.71 bits per heavy atom. The first-order valence-electron chi connectivity index (χ1n) is 9.09. The van der Waals surface area contributed by atoms with E-state index >= 15 is 0 Å². The van der Waals surface area contributed by atoms with E-state index in [1.165, 1.54) is 17.0 Å². The van der Waals surface area contributed by atoms with Gasteiger partial charge < -0.3 is 9.67 Å². The first-order valence-corrected chi connectivity index (χ1v) is 9.09. The van der Waals surface area contributed by atoms with Gasteiger partial charge in [0.15, 0.2) is 17.9 Å². The van der Waals surface area contributed by atoms with E-state index in [0.717, 1.165) is 24.1 Å². The number of anilines is 2. The summed E-state index contributed by atoms with van der Waals surface area (Å²) < 4.78 is 31.8. The fourth-order valence-corrected chi connectivity index (χ4v) is 3.98. The van der Waals surface area contributed by atoms with Gasteiger partial charge in [0.2, 0.25) is 5.95 Å². The summed E-state index contributed by atoms with van der Waals surface area (Å²) in [6.07, 6.45) is 2.10. The van der Waals surface area contributed by atoms with E-state index in [1.54, 1.807) is 6.20 Å². The van der Waals surface area contributed by atoms with Crippen molar-refractivity contribution in [2.75, 3.05) is 4.90 Å². The summed E-state index contributed by atoms with van der Waals surface area (Å²) in [5.74, 6) is 4.50. The molecular weight excluding hydrogens is 360 g/mol. The maximum Gasteiger partial charge on any atom is 0.213 e. The summed E-state index contributed by atoms with van der Waals surface area (Å²) in [5.41, 5.74) is 1.02. The van der Waals surface area contributed by atoms with Crippen molar-refractivity contribution in [3.63, 3.8) is 0 Å². The molecule has 1 aliphatic carbocycles. The second kappa shape index (κ2) is 5.91. The van der Waals surface area contributed by atoms with Crippen LogP contribution in [0.3, 0.4) is 0 Å². The summed E-state index contributed by atoms with van der Waals surface area (Å²) >= 11 is 0. The molecule has 4 nitrogen and oxygen atoms in total. The molecule has 0 bridgehead atoms. The Labute approximate surface area is 161 Å². The summed E-state index contributed by atoms with van der Waals surface area (Å²) in [4.78, 5) is 5.55. The highest BCUT2D eigenvalue weighted by molar-refractivity contribution is 5.66. The van der Waals surface area contributed by atoms with Gasteiger partial charge in [-0.3, -0.25) is 4.90 Å². The zero-order valence-electron chi connectivity index (χ0n) is 15.2. The molecule has 1 aromatic heterocycles. The Hall–Kier alpha value is -3.17. The smallest absolute Gasteiger partial charge is 0.213 e. The van der Waals surface area contributed by atoms with E-state index in [0.29, 0.717) is 5.95 Å². The number of hydrogen-bond acceptors (Lipinski definition) is 3. The van der Waals surface area contributed by atoms with Crippen molar-refractivity contribution >= 4 is 11.6 Å². The lowest BCUT2D eigenvalue weighted by Gasteiger charge is -2.25. The molecule has 1 atom stereocenters. The predicted molar refractivity (Wildman–Crippen MR) is 101 cm³/mol. The zero-order chi connectivity index (χ0) is 19.5. The highest BCUT2D eigenvalue weighted by Gasteiger charge is 2.61. The van der Waals surface area contributed by atoms with Crippen molar-refractivity contribution in [1.82, 2.24) is 9.55 Å². The van der Waals surface area contributed by atoms with Gasteiger partial charge in [-0.25, -0.2) is 13.8 Å². The molecule has 1 fully saturated rings. The largest absolute Gasteiger partial charge is 0.371 e. The van der Waals surface area contributed by atoms with Gasteiger partial charge in [0.05, 0.1) is 11.7 Å². The minimum Gasteiger partial charge on any atom is -0.371 e. The molecule has 0 amide bonds. The van der Waals surface area contributed by atoms with Crippen LogP contribution in [0.1, 0.15) is 29.7 Å². The van der Waals surface area contributed by atoms with Gasteiger partial charge in [0.1, 0.15) is 5.69 Å². The third kappa shape index (κ3) is 2.36. The lowest BCUT2D eigenvalue weighted by atomic mass is 10.1. The molecule has 3 aromatic rings. The second-order valence-corrected chi connectivity index (χ2v) is 7.29. The van der Waals surface area contributed by atoms with Crippen LogP contribution < -0.4 is 4.90 Å². The van der Waals surface area contributed by atoms with Crippen LogP contribution in [0.25, 0.3) is 0 Å². The van der Waals surface area contributed by atoms with Gasteiger partial charge in [-0.05, 0) is 44.0 Å². The Morgan fingerprint density at radius 1 is 1.07 bits per heavy atom. The normalized spacial score (nSPS) is 18.7. The third-order valence-electron chi connectivity index (χ3n) is 5.45. The minimum absolute atomic E-state index is 0.233. The standard InChI is InChI=1S/C22H17F2N3O/c1-14-13-25-21-26(20(28)22(9-10-22)27(14)21)19-17(23)11-16(12-18(19)24)8-7-15-5-3-2-4-6-15/h2-6,11-13,20,28H,9-10H2,1H3. The Kier molecular flexibility index (Phi) is 3.58. The van der Waals surface area contributed by atoms with Crippen molar-refractivity contribution in [3.8, 4) is 11.8 Å². The van der Waals surface area contributed by atoms with E-state index in [9.17, 15) is 13.9 Å². The number of halogens is 2. The average Bonchev–Trinajstić information content (AvgIpc) is 3.34. The Balaban J connectivity index is 1.56. The van der Waals surface area contributed by atoms with Crippen LogP contribution in [0, 0.1) is 30.4 Å². The van der Waals surface area contributed by atoms with E-state index < -0.39 is 23.4 Å². The summed E-state index contributed by atoms with van der Waals surface area (Å²) in [6.45, 7) is 1.88. The Morgan fingerprint density at radius 3 is 2.36 bits per heavy atom. The SMILES string of the molecule is Cc1cnc2n1C1(CC1)C(O)N2c1c(F)cc(C#Cc2ccccc2)cc1F. The molecule has 2 aliphatic rings. The van der Waals surface area contributed by atoms with Gasteiger partial charge in [-0.15, -0.1) is 0 Å². The number of rotatable bonds is 1. The van der Waals surface area contributed by atoms with Crippen molar-refractivity contribution in [2.24, 2.45) is 0 Å². The van der Waals surface area contributed by atoms with Gasteiger partial charge in [-0.1, -0.05) is 30.0 Å². The monoisotopic (exact) mass is 377 g/mol. The quantitative estimate of drug-likeness (QED) is 0.656. The molecule has 2 heterocycles. The molecule has 0 saturated heterocycles. The number of aromatic nitrogens is 2. The van der Waals surface area contributed by atoms with Crippen molar-refractivity contribution in [2.45, 2.75) is 31.5 Å². The highest BCUT2D eigenvalue weighted by atomic mass is 19.1. The molecule has 28 heavy (non-hydrogen) atoms. The maximum absolute atomic E-state index is 14.9. The van der Waals surface area contributed by atoms with Crippen LogP contribution in [0.5, 0.6) is 0 Å². The van der Waals surface area contributed by atoms with Crippen LogP contribution in [0.4, 0.5) is 20.4 Å². The number of aliphatic hydroxyl groups is 1. The molecule has 6 heteroatoms. The highest BCUT2D eigenvalue weighted by Crippen LogP contribution is 2.57. The van der Waals surface area contributed by atoms with Crippen LogP contribution in [0.15, 0.2) is 48.7 Å². The third-order valence-corrected chi connectivity index (χ3v) is 5.45. The van der Waals surface area contributed by atoms with Gasteiger partial charge >= 0.3 is 0 Å². The lowest BCUT2D eigenvalue weighted by Crippen LogP contribution is -2.36.